The van der Waals surface area contributed by atoms with E-state index >= 15 is 0 Å². The van der Waals surface area contributed by atoms with Gasteiger partial charge in [-0.15, -0.1) is 0 Å². The monoisotopic (exact) mass is 336 g/mol. The van der Waals surface area contributed by atoms with E-state index in [-0.39, 0.29) is 13.1 Å². The first-order valence-corrected chi connectivity index (χ1v) is 6.76. The minimum Gasteiger partial charge on any atom is -0.444 e. The lowest BCUT2D eigenvalue weighted by molar-refractivity contribution is -0.141. The fourth-order valence-corrected chi connectivity index (χ4v) is 1.61. The summed E-state index contributed by atoms with van der Waals surface area (Å²) in [5.41, 5.74) is -2.49. The number of aromatic nitrogens is 2. The van der Waals surface area contributed by atoms with Gasteiger partial charge in [0, 0.05) is 26.3 Å². The molecule has 130 valence electrons. The number of nitrogens with zero attached hydrogens (tertiary/aromatic N) is 2. The third-order valence-corrected chi connectivity index (χ3v) is 2.42. The Morgan fingerprint density at radius 1 is 1.22 bits per heavy atom. The van der Waals surface area contributed by atoms with Crippen LogP contribution in [0.4, 0.5) is 18.0 Å². The summed E-state index contributed by atoms with van der Waals surface area (Å²) in [6, 6.07) is 0. The summed E-state index contributed by atoms with van der Waals surface area (Å²) in [6.07, 6.45) is -4.41. The summed E-state index contributed by atoms with van der Waals surface area (Å²) in [6.45, 7) is 5.03. The highest BCUT2D eigenvalue weighted by Crippen LogP contribution is 2.30. The molecule has 0 aliphatic heterocycles. The van der Waals surface area contributed by atoms with Gasteiger partial charge < -0.3 is 15.4 Å². The van der Waals surface area contributed by atoms with Crippen molar-refractivity contribution in [2.45, 2.75) is 32.5 Å². The lowest BCUT2D eigenvalue weighted by Crippen LogP contribution is -2.38. The molecule has 0 aliphatic rings. The largest absolute Gasteiger partial charge is 0.444 e. The van der Waals surface area contributed by atoms with Crippen LogP contribution in [0.3, 0.4) is 0 Å². The molecular formula is C13H19F3N4O3. The molecule has 7 nitrogen and oxygen atoms in total. The molecule has 2 amide bonds. The fourth-order valence-electron chi connectivity index (χ4n) is 1.61. The number of alkyl carbamates (subject to hydrolysis) is 1. The molecule has 23 heavy (non-hydrogen) atoms. The van der Waals surface area contributed by atoms with Gasteiger partial charge in [-0.1, -0.05) is 0 Å². The molecule has 1 aromatic heterocycles. The van der Waals surface area contributed by atoms with E-state index < -0.39 is 35.0 Å². The lowest BCUT2D eigenvalue weighted by atomic mass is 10.2. The summed E-state index contributed by atoms with van der Waals surface area (Å²) in [5, 5.41) is 7.90. The van der Waals surface area contributed by atoms with Crippen molar-refractivity contribution in [3.05, 3.63) is 17.5 Å². The first kappa shape index (κ1) is 18.8. The number of halogens is 3. The third kappa shape index (κ3) is 6.17. The van der Waals surface area contributed by atoms with Gasteiger partial charge in [0.05, 0.1) is 5.56 Å². The van der Waals surface area contributed by atoms with Crippen LogP contribution in [0.2, 0.25) is 0 Å². The average Bonchev–Trinajstić information content (AvgIpc) is 2.74. The molecule has 0 fully saturated rings. The molecule has 1 aromatic rings. The lowest BCUT2D eigenvalue weighted by Gasteiger charge is -2.19. The van der Waals surface area contributed by atoms with E-state index in [0.717, 1.165) is 10.9 Å². The molecule has 0 aromatic carbocycles. The second-order valence-electron chi connectivity index (χ2n) is 5.75. The standard InChI is InChI=1S/C13H19F3N4O3/c1-12(2,3)23-11(22)18-6-5-17-10(21)8-7-20(4)19-9(8)13(14,15)16/h7H,5-6H2,1-4H3,(H,17,21)(H,18,22). The van der Waals surface area contributed by atoms with Crippen molar-refractivity contribution in [2.75, 3.05) is 13.1 Å². The van der Waals surface area contributed by atoms with Gasteiger partial charge >= 0.3 is 12.3 Å². The predicted molar refractivity (Wildman–Crippen MR) is 74.8 cm³/mol. The highest BCUT2D eigenvalue weighted by molar-refractivity contribution is 5.95. The molecule has 0 saturated heterocycles. The van der Waals surface area contributed by atoms with E-state index in [1.807, 2.05) is 0 Å². The number of alkyl halides is 3. The summed E-state index contributed by atoms with van der Waals surface area (Å²) >= 11 is 0. The molecular weight excluding hydrogens is 317 g/mol. The van der Waals surface area contributed by atoms with Crippen molar-refractivity contribution in [1.29, 1.82) is 0 Å². The second kappa shape index (κ2) is 6.88. The number of hydrogen-bond acceptors (Lipinski definition) is 4. The summed E-state index contributed by atoms with van der Waals surface area (Å²) < 4.78 is 44.1. The Hall–Kier alpha value is -2.26. The van der Waals surface area contributed by atoms with E-state index in [1.165, 1.54) is 7.05 Å². The van der Waals surface area contributed by atoms with Crippen molar-refractivity contribution in [1.82, 2.24) is 20.4 Å². The minimum atomic E-state index is -4.72. The topological polar surface area (TPSA) is 85.2 Å². The Labute approximate surface area is 131 Å². The number of rotatable bonds is 4. The van der Waals surface area contributed by atoms with Gasteiger partial charge in [0.2, 0.25) is 0 Å². The van der Waals surface area contributed by atoms with Gasteiger partial charge in [0.1, 0.15) is 5.60 Å². The average molecular weight is 336 g/mol. The first-order valence-electron chi connectivity index (χ1n) is 6.76. The van der Waals surface area contributed by atoms with Crippen molar-refractivity contribution in [3.8, 4) is 0 Å². The van der Waals surface area contributed by atoms with Crippen LogP contribution in [0, 0.1) is 0 Å². The van der Waals surface area contributed by atoms with E-state index in [1.54, 1.807) is 20.8 Å². The molecule has 0 bridgehead atoms. The van der Waals surface area contributed by atoms with Gasteiger partial charge in [-0.2, -0.15) is 18.3 Å². The summed E-state index contributed by atoms with van der Waals surface area (Å²) in [5.74, 6) is -0.920. The Morgan fingerprint density at radius 3 is 2.30 bits per heavy atom. The van der Waals surface area contributed by atoms with E-state index in [2.05, 4.69) is 15.7 Å². The molecule has 0 aliphatic carbocycles. The normalized spacial score (nSPS) is 12.0. The zero-order chi connectivity index (χ0) is 17.8. The Kier molecular flexibility index (Phi) is 5.62. The maximum Gasteiger partial charge on any atom is 0.435 e. The quantitative estimate of drug-likeness (QED) is 0.820. The molecule has 0 radical (unpaired) electrons. The SMILES string of the molecule is Cn1cc(C(=O)NCCNC(=O)OC(C)(C)C)c(C(F)(F)F)n1. The van der Waals surface area contributed by atoms with Crippen LogP contribution >= 0.6 is 0 Å². The van der Waals surface area contributed by atoms with E-state index in [0.29, 0.717) is 0 Å². The number of aryl methyl sites for hydroxylation is 1. The van der Waals surface area contributed by atoms with Gasteiger partial charge in [-0.25, -0.2) is 4.79 Å². The molecule has 0 unspecified atom stereocenters. The van der Waals surface area contributed by atoms with Crippen LogP contribution in [-0.2, 0) is 18.0 Å². The van der Waals surface area contributed by atoms with Gasteiger partial charge in [0.25, 0.3) is 5.91 Å². The van der Waals surface area contributed by atoms with Crippen molar-refractivity contribution < 1.29 is 27.5 Å². The van der Waals surface area contributed by atoms with Crippen molar-refractivity contribution in [2.24, 2.45) is 7.05 Å². The molecule has 0 saturated carbocycles. The number of amides is 2. The minimum absolute atomic E-state index is 0.0161. The third-order valence-electron chi connectivity index (χ3n) is 2.42. The zero-order valence-corrected chi connectivity index (χ0v) is 13.2. The Bertz CT molecular complexity index is 576. The maximum atomic E-state index is 12.7. The fraction of sp³-hybridized carbons (Fsp3) is 0.615. The molecule has 10 heteroatoms. The van der Waals surface area contributed by atoms with Gasteiger partial charge in [-0.05, 0) is 20.8 Å². The molecule has 0 spiro atoms. The number of ether oxygens (including phenoxy) is 1. The van der Waals surface area contributed by atoms with Crippen LogP contribution in [0.1, 0.15) is 36.8 Å². The van der Waals surface area contributed by atoms with Crippen molar-refractivity contribution >= 4 is 12.0 Å². The van der Waals surface area contributed by atoms with Crippen LogP contribution in [0.25, 0.3) is 0 Å². The van der Waals surface area contributed by atoms with Crippen LogP contribution in [0.15, 0.2) is 6.20 Å². The van der Waals surface area contributed by atoms with Crippen LogP contribution < -0.4 is 10.6 Å². The van der Waals surface area contributed by atoms with Gasteiger partial charge in [0.15, 0.2) is 5.69 Å². The maximum absolute atomic E-state index is 12.7. The number of carbonyl (C=O) groups is 2. The smallest absolute Gasteiger partial charge is 0.435 e. The predicted octanol–water partition coefficient (Wildman–Crippen LogP) is 1.69. The first-order chi connectivity index (χ1) is 10.4. The highest BCUT2D eigenvalue weighted by atomic mass is 19.4. The second-order valence-corrected chi connectivity index (χ2v) is 5.75. The summed E-state index contributed by atoms with van der Waals surface area (Å²) in [4.78, 5) is 23.1. The van der Waals surface area contributed by atoms with E-state index in [4.69, 9.17) is 4.74 Å². The Morgan fingerprint density at radius 2 is 1.78 bits per heavy atom. The van der Waals surface area contributed by atoms with Crippen LogP contribution in [-0.4, -0.2) is 40.5 Å². The van der Waals surface area contributed by atoms with Crippen LogP contribution in [0.5, 0.6) is 0 Å². The zero-order valence-electron chi connectivity index (χ0n) is 13.2. The summed E-state index contributed by atoms with van der Waals surface area (Å²) in [7, 11) is 1.29. The number of nitrogens with one attached hydrogen (secondary N) is 2. The Balaban J connectivity index is 2.51. The van der Waals surface area contributed by atoms with Crippen molar-refractivity contribution in [3.63, 3.8) is 0 Å². The molecule has 2 N–H and O–H groups in total. The highest BCUT2D eigenvalue weighted by Gasteiger charge is 2.38. The number of carbonyl (C=O) groups excluding carboxylic acids is 2. The molecule has 1 heterocycles. The number of hydrogen-bond donors (Lipinski definition) is 2. The molecule has 1 rings (SSSR count). The molecule has 0 atom stereocenters. The van der Waals surface area contributed by atoms with Gasteiger partial charge in [-0.3, -0.25) is 9.48 Å². The van der Waals surface area contributed by atoms with E-state index in [9.17, 15) is 22.8 Å².